The van der Waals surface area contributed by atoms with Crippen LogP contribution in [-0.2, 0) is 5.41 Å². The van der Waals surface area contributed by atoms with Crippen molar-refractivity contribution < 1.29 is 0 Å². The third kappa shape index (κ3) is 2.06. The fraction of sp³-hybridized carbons (Fsp3) is 0.429. The molecule has 0 amide bonds. The van der Waals surface area contributed by atoms with E-state index in [2.05, 4.69) is 40.8 Å². The number of hydrogen-bond donors (Lipinski definition) is 1. The molecule has 0 aliphatic heterocycles. The third-order valence-corrected chi connectivity index (χ3v) is 4.36. The van der Waals surface area contributed by atoms with Crippen LogP contribution in [0.25, 0.3) is 10.6 Å². The van der Waals surface area contributed by atoms with Crippen LogP contribution in [0, 0.1) is 6.92 Å². The Hall–Kier alpha value is -1.26. The molecule has 1 fully saturated rings. The zero-order chi connectivity index (χ0) is 12.6. The fourth-order valence-electron chi connectivity index (χ4n) is 2.32. The van der Waals surface area contributed by atoms with Gasteiger partial charge in [0, 0.05) is 17.7 Å². The first-order chi connectivity index (χ1) is 8.73. The smallest absolute Gasteiger partial charge is 0.136 e. The van der Waals surface area contributed by atoms with Crippen molar-refractivity contribution in [1.29, 1.82) is 0 Å². The average Bonchev–Trinajstić information content (AvgIpc) is 2.93. The van der Waals surface area contributed by atoms with Gasteiger partial charge in [0.2, 0.25) is 0 Å². The zero-order valence-electron chi connectivity index (χ0n) is 10.7. The van der Waals surface area contributed by atoms with Crippen molar-refractivity contribution in [2.24, 2.45) is 0 Å². The summed E-state index contributed by atoms with van der Waals surface area (Å²) >= 11 is 1.73. The van der Waals surface area contributed by atoms with Gasteiger partial charge in [-0.2, -0.15) is 0 Å². The minimum atomic E-state index is 0.187. The van der Waals surface area contributed by atoms with Crippen molar-refractivity contribution in [2.75, 3.05) is 13.6 Å². The Morgan fingerprint density at radius 3 is 2.83 bits per heavy atom. The summed E-state index contributed by atoms with van der Waals surface area (Å²) in [6.07, 6.45) is 2.39. The molecule has 3 nitrogen and oxygen atoms in total. The average molecular weight is 259 g/mol. The van der Waals surface area contributed by atoms with Gasteiger partial charge in [0.05, 0.1) is 10.6 Å². The number of hydrogen-bond acceptors (Lipinski definition) is 4. The quantitative estimate of drug-likeness (QED) is 0.917. The molecule has 4 heteroatoms. The lowest BCUT2D eigenvalue weighted by Crippen LogP contribution is -2.26. The second kappa shape index (κ2) is 4.44. The van der Waals surface area contributed by atoms with Gasteiger partial charge in [0.15, 0.2) is 0 Å². The van der Waals surface area contributed by atoms with E-state index in [1.54, 1.807) is 11.3 Å². The molecule has 1 aliphatic carbocycles. The first-order valence-electron chi connectivity index (χ1n) is 6.28. The largest absolute Gasteiger partial charge is 0.319 e. The maximum Gasteiger partial charge on any atom is 0.136 e. The molecule has 3 rings (SSSR count). The Balaban J connectivity index is 2.02. The van der Waals surface area contributed by atoms with Crippen LogP contribution in [0.4, 0.5) is 0 Å². The number of nitrogens with one attached hydrogen (secondary N) is 1. The molecule has 2 aromatic rings. The highest BCUT2D eigenvalue weighted by atomic mass is 32.1. The summed E-state index contributed by atoms with van der Waals surface area (Å²) in [5.41, 5.74) is 2.31. The van der Waals surface area contributed by atoms with Gasteiger partial charge >= 0.3 is 0 Å². The number of thiophene rings is 1. The van der Waals surface area contributed by atoms with Gasteiger partial charge in [-0.15, -0.1) is 11.3 Å². The summed E-state index contributed by atoms with van der Waals surface area (Å²) in [4.78, 5) is 10.7. The maximum atomic E-state index is 4.79. The van der Waals surface area contributed by atoms with E-state index >= 15 is 0 Å². The van der Waals surface area contributed by atoms with E-state index in [4.69, 9.17) is 4.98 Å². The van der Waals surface area contributed by atoms with E-state index in [1.165, 1.54) is 17.7 Å². The molecule has 0 radical (unpaired) electrons. The SMILES string of the molecule is CNCC1(c2nc(C)cc(-c3cccs3)n2)CC1. The summed E-state index contributed by atoms with van der Waals surface area (Å²) in [6, 6.07) is 6.26. The van der Waals surface area contributed by atoms with E-state index in [9.17, 15) is 0 Å². The molecule has 2 heterocycles. The zero-order valence-corrected chi connectivity index (χ0v) is 11.5. The number of aromatic nitrogens is 2. The van der Waals surface area contributed by atoms with E-state index in [1.807, 2.05) is 7.05 Å². The molecule has 0 bridgehead atoms. The Bertz CT molecular complexity index is 544. The minimum Gasteiger partial charge on any atom is -0.319 e. The van der Waals surface area contributed by atoms with E-state index in [0.717, 1.165) is 23.8 Å². The van der Waals surface area contributed by atoms with Crippen molar-refractivity contribution in [2.45, 2.75) is 25.2 Å². The van der Waals surface area contributed by atoms with Crippen LogP contribution < -0.4 is 5.32 Å². The van der Waals surface area contributed by atoms with Gasteiger partial charge in [-0.25, -0.2) is 9.97 Å². The van der Waals surface area contributed by atoms with Crippen molar-refractivity contribution >= 4 is 11.3 Å². The molecule has 0 spiro atoms. The highest BCUT2D eigenvalue weighted by molar-refractivity contribution is 7.13. The molecule has 18 heavy (non-hydrogen) atoms. The predicted octanol–water partition coefficient (Wildman–Crippen LogP) is 2.76. The molecular weight excluding hydrogens is 242 g/mol. The Morgan fingerprint density at radius 1 is 1.39 bits per heavy atom. The van der Waals surface area contributed by atoms with Crippen LogP contribution in [0.5, 0.6) is 0 Å². The second-order valence-corrected chi connectivity index (χ2v) is 5.95. The molecule has 94 valence electrons. The summed E-state index contributed by atoms with van der Waals surface area (Å²) in [7, 11) is 2.00. The summed E-state index contributed by atoms with van der Waals surface area (Å²) in [5, 5.41) is 5.36. The highest BCUT2D eigenvalue weighted by Crippen LogP contribution is 2.46. The summed E-state index contributed by atoms with van der Waals surface area (Å²) < 4.78 is 0. The molecular formula is C14H17N3S. The van der Waals surface area contributed by atoms with Gasteiger partial charge < -0.3 is 5.32 Å². The number of aryl methyl sites for hydroxylation is 1. The van der Waals surface area contributed by atoms with Gasteiger partial charge in [0.25, 0.3) is 0 Å². The normalized spacial score (nSPS) is 16.8. The van der Waals surface area contributed by atoms with Gasteiger partial charge in [-0.05, 0) is 44.3 Å². The molecule has 1 saturated carbocycles. The Labute approximate surface area is 111 Å². The van der Waals surface area contributed by atoms with E-state index in [0.29, 0.717) is 0 Å². The molecule has 2 aromatic heterocycles. The fourth-order valence-corrected chi connectivity index (χ4v) is 3.01. The lowest BCUT2D eigenvalue weighted by Gasteiger charge is -2.14. The topological polar surface area (TPSA) is 37.8 Å². The highest BCUT2D eigenvalue weighted by Gasteiger charge is 2.46. The lowest BCUT2D eigenvalue weighted by molar-refractivity contribution is 0.586. The molecule has 0 unspecified atom stereocenters. The van der Waals surface area contributed by atoms with Gasteiger partial charge in [-0.3, -0.25) is 0 Å². The second-order valence-electron chi connectivity index (χ2n) is 5.01. The van der Waals surface area contributed by atoms with Crippen molar-refractivity contribution in [3.63, 3.8) is 0 Å². The predicted molar refractivity (Wildman–Crippen MR) is 74.9 cm³/mol. The van der Waals surface area contributed by atoms with Crippen molar-refractivity contribution in [3.05, 3.63) is 35.1 Å². The number of nitrogens with zero attached hydrogens (tertiary/aromatic N) is 2. The number of rotatable bonds is 4. The van der Waals surface area contributed by atoms with Gasteiger partial charge in [0.1, 0.15) is 5.82 Å². The van der Waals surface area contributed by atoms with Crippen LogP contribution in [0.2, 0.25) is 0 Å². The molecule has 0 saturated heterocycles. The first kappa shape index (κ1) is 11.8. The maximum absolute atomic E-state index is 4.79. The monoisotopic (exact) mass is 259 g/mol. The third-order valence-electron chi connectivity index (χ3n) is 3.47. The Kier molecular flexibility index (Phi) is 2.92. The minimum absolute atomic E-state index is 0.187. The van der Waals surface area contributed by atoms with Gasteiger partial charge in [-0.1, -0.05) is 6.07 Å². The molecule has 1 aliphatic rings. The number of likely N-dealkylation sites (N-methyl/N-ethyl adjacent to an activating group) is 1. The Morgan fingerprint density at radius 2 is 2.22 bits per heavy atom. The molecule has 0 atom stereocenters. The standard InChI is InChI=1S/C14H17N3S/c1-10-8-11(12-4-3-7-18-12)17-13(16-10)14(5-6-14)9-15-2/h3-4,7-8,15H,5-6,9H2,1-2H3. The van der Waals surface area contributed by atoms with Crippen molar-refractivity contribution in [3.8, 4) is 10.6 Å². The first-order valence-corrected chi connectivity index (χ1v) is 7.16. The van der Waals surface area contributed by atoms with E-state index in [-0.39, 0.29) is 5.41 Å². The molecule has 0 aromatic carbocycles. The summed E-state index contributed by atoms with van der Waals surface area (Å²) in [6.45, 7) is 3.03. The van der Waals surface area contributed by atoms with E-state index < -0.39 is 0 Å². The lowest BCUT2D eigenvalue weighted by atomic mass is 10.1. The van der Waals surface area contributed by atoms with Crippen LogP contribution in [0.15, 0.2) is 23.6 Å². The van der Waals surface area contributed by atoms with Crippen LogP contribution >= 0.6 is 11.3 Å². The van der Waals surface area contributed by atoms with Crippen molar-refractivity contribution in [1.82, 2.24) is 15.3 Å². The molecule has 1 N–H and O–H groups in total. The summed E-state index contributed by atoms with van der Waals surface area (Å²) in [5.74, 6) is 1.01. The van der Waals surface area contributed by atoms with Crippen LogP contribution in [0.1, 0.15) is 24.4 Å². The van der Waals surface area contributed by atoms with Crippen LogP contribution in [-0.4, -0.2) is 23.6 Å². The van der Waals surface area contributed by atoms with Crippen LogP contribution in [0.3, 0.4) is 0 Å².